The molecule has 0 aliphatic rings. The summed E-state index contributed by atoms with van der Waals surface area (Å²) in [6.45, 7) is 4.24. The fraction of sp³-hybridized carbons (Fsp3) is 0.267. The van der Waals surface area contributed by atoms with E-state index in [-0.39, 0.29) is 6.03 Å². The smallest absolute Gasteiger partial charge is 0.320 e. The van der Waals surface area contributed by atoms with E-state index in [9.17, 15) is 4.79 Å². The lowest BCUT2D eigenvalue weighted by atomic mass is 10.1. The zero-order valence-corrected chi connectivity index (χ0v) is 13.2. The summed E-state index contributed by atoms with van der Waals surface area (Å²) in [7, 11) is 0. The molecular formula is C15H16N4O2S. The van der Waals surface area contributed by atoms with Gasteiger partial charge in [0.2, 0.25) is 0 Å². The largest absolute Gasteiger partial charge is 0.361 e. The van der Waals surface area contributed by atoms with Crippen molar-refractivity contribution in [3.63, 3.8) is 0 Å². The number of carbonyl (C=O) groups excluding carboxylic acids is 1. The van der Waals surface area contributed by atoms with E-state index in [2.05, 4.69) is 20.2 Å². The van der Waals surface area contributed by atoms with Gasteiger partial charge in [0.1, 0.15) is 5.76 Å². The molecule has 2 aromatic heterocycles. The summed E-state index contributed by atoms with van der Waals surface area (Å²) in [5, 5.41) is 10.5. The lowest BCUT2D eigenvalue weighted by molar-refractivity contribution is 0.251. The van der Waals surface area contributed by atoms with Crippen LogP contribution in [0.1, 0.15) is 23.9 Å². The normalized spacial score (nSPS) is 10.8. The average molecular weight is 316 g/mol. The second kappa shape index (κ2) is 6.15. The van der Waals surface area contributed by atoms with Crippen LogP contribution in [-0.4, -0.2) is 15.6 Å². The molecule has 0 saturated carbocycles. The van der Waals surface area contributed by atoms with Gasteiger partial charge in [-0.2, -0.15) is 4.37 Å². The Morgan fingerprint density at radius 2 is 2.18 bits per heavy atom. The summed E-state index contributed by atoms with van der Waals surface area (Å²) >= 11 is 1.36. The number of amides is 2. The molecule has 0 spiro atoms. The van der Waals surface area contributed by atoms with Crippen molar-refractivity contribution in [1.82, 2.24) is 14.8 Å². The number of hydrogen-bond donors (Lipinski definition) is 2. The van der Waals surface area contributed by atoms with Crippen LogP contribution in [0.15, 0.2) is 28.8 Å². The van der Waals surface area contributed by atoms with Crippen LogP contribution in [0.2, 0.25) is 0 Å². The minimum absolute atomic E-state index is 0.293. The Hall–Kier alpha value is -2.41. The topological polar surface area (TPSA) is 80.0 Å². The molecule has 0 unspecified atom stereocenters. The van der Waals surface area contributed by atoms with Crippen LogP contribution in [0.4, 0.5) is 10.6 Å². The molecule has 3 rings (SSSR count). The number of rotatable bonds is 4. The second-order valence-corrected chi connectivity index (χ2v) is 5.66. The van der Waals surface area contributed by atoms with Gasteiger partial charge in [-0.05, 0) is 30.6 Å². The van der Waals surface area contributed by atoms with Gasteiger partial charge in [0.05, 0.1) is 10.4 Å². The van der Waals surface area contributed by atoms with Crippen LogP contribution in [0.3, 0.4) is 0 Å². The molecule has 0 fully saturated rings. The highest BCUT2D eigenvalue weighted by Gasteiger charge is 2.13. The molecule has 2 heterocycles. The highest BCUT2D eigenvalue weighted by Crippen LogP contribution is 2.26. The van der Waals surface area contributed by atoms with Gasteiger partial charge in [-0.15, -0.1) is 0 Å². The van der Waals surface area contributed by atoms with E-state index in [4.69, 9.17) is 4.52 Å². The fourth-order valence-electron chi connectivity index (χ4n) is 2.24. The number of fused-ring (bicyclic) bond motifs is 1. The zero-order valence-electron chi connectivity index (χ0n) is 12.3. The van der Waals surface area contributed by atoms with Gasteiger partial charge < -0.3 is 9.84 Å². The third kappa shape index (κ3) is 2.80. The van der Waals surface area contributed by atoms with E-state index in [0.29, 0.717) is 12.4 Å². The lowest BCUT2D eigenvalue weighted by Gasteiger charge is -2.06. The maximum atomic E-state index is 12.1. The van der Waals surface area contributed by atoms with E-state index in [0.717, 1.165) is 33.5 Å². The number of carbonyl (C=O) groups is 1. The quantitative estimate of drug-likeness (QED) is 0.772. The number of nitrogens with one attached hydrogen (secondary N) is 2. The van der Waals surface area contributed by atoms with E-state index in [1.807, 2.05) is 38.1 Å². The molecule has 0 saturated heterocycles. The Labute approximate surface area is 131 Å². The summed E-state index contributed by atoms with van der Waals surface area (Å²) < 4.78 is 10.5. The molecule has 1 aromatic carbocycles. The first-order chi connectivity index (χ1) is 10.7. The average Bonchev–Trinajstić information content (AvgIpc) is 3.09. The second-order valence-electron chi connectivity index (χ2n) is 4.86. The van der Waals surface area contributed by atoms with E-state index >= 15 is 0 Å². The van der Waals surface area contributed by atoms with Crippen molar-refractivity contribution >= 4 is 33.5 Å². The Morgan fingerprint density at radius 3 is 3.00 bits per heavy atom. The Morgan fingerprint density at radius 1 is 1.36 bits per heavy atom. The van der Waals surface area contributed by atoms with Crippen LogP contribution in [-0.2, 0) is 13.0 Å². The van der Waals surface area contributed by atoms with Gasteiger partial charge in [-0.1, -0.05) is 24.2 Å². The van der Waals surface area contributed by atoms with Crippen molar-refractivity contribution < 1.29 is 9.32 Å². The minimum Gasteiger partial charge on any atom is -0.361 e. The molecule has 6 nitrogen and oxygen atoms in total. The molecule has 2 N–H and O–H groups in total. The van der Waals surface area contributed by atoms with Crippen molar-refractivity contribution in [2.75, 3.05) is 5.32 Å². The molecule has 2 amide bonds. The molecule has 0 bridgehead atoms. The number of aryl methyl sites for hydroxylation is 2. The van der Waals surface area contributed by atoms with E-state index in [1.165, 1.54) is 11.5 Å². The van der Waals surface area contributed by atoms with Crippen molar-refractivity contribution in [2.24, 2.45) is 0 Å². The van der Waals surface area contributed by atoms with Crippen molar-refractivity contribution in [3.8, 4) is 0 Å². The van der Waals surface area contributed by atoms with Gasteiger partial charge in [-0.25, -0.2) is 4.79 Å². The number of benzene rings is 1. The predicted octanol–water partition coefficient (Wildman–Crippen LogP) is 3.48. The number of urea groups is 1. The first kappa shape index (κ1) is 14.5. The number of nitrogens with zero attached hydrogens (tertiary/aromatic N) is 2. The van der Waals surface area contributed by atoms with E-state index in [1.54, 1.807) is 0 Å². The lowest BCUT2D eigenvalue weighted by Crippen LogP contribution is -2.28. The van der Waals surface area contributed by atoms with E-state index < -0.39 is 0 Å². The van der Waals surface area contributed by atoms with Crippen LogP contribution in [0.5, 0.6) is 0 Å². The van der Waals surface area contributed by atoms with Crippen molar-refractivity contribution in [2.45, 2.75) is 26.8 Å². The molecule has 0 radical (unpaired) electrons. The Kier molecular flexibility index (Phi) is 4.06. The summed E-state index contributed by atoms with van der Waals surface area (Å²) in [4.78, 5) is 12.1. The van der Waals surface area contributed by atoms with Gasteiger partial charge in [0.25, 0.3) is 0 Å². The summed E-state index contributed by atoms with van der Waals surface area (Å²) in [5.74, 6) is 1.38. The Balaban J connectivity index is 1.67. The predicted molar refractivity (Wildman–Crippen MR) is 86.1 cm³/mol. The van der Waals surface area contributed by atoms with Crippen molar-refractivity contribution in [3.05, 3.63) is 41.3 Å². The minimum atomic E-state index is -0.293. The molecule has 0 aliphatic carbocycles. The molecular weight excluding hydrogens is 300 g/mol. The number of hydrogen-bond acceptors (Lipinski definition) is 5. The first-order valence-corrected chi connectivity index (χ1v) is 7.79. The van der Waals surface area contributed by atoms with Gasteiger partial charge in [-0.3, -0.25) is 5.32 Å². The molecule has 0 aliphatic heterocycles. The summed E-state index contributed by atoms with van der Waals surface area (Å²) in [6, 6.07) is 7.50. The maximum absolute atomic E-state index is 12.1. The van der Waals surface area contributed by atoms with Crippen LogP contribution >= 0.6 is 11.5 Å². The third-order valence-electron chi connectivity index (χ3n) is 3.42. The summed E-state index contributed by atoms with van der Waals surface area (Å²) in [5.41, 5.74) is 1.73. The zero-order chi connectivity index (χ0) is 15.5. The van der Waals surface area contributed by atoms with Gasteiger partial charge in [0.15, 0.2) is 5.82 Å². The Bertz CT molecular complexity index is 809. The highest BCUT2D eigenvalue weighted by atomic mass is 32.1. The highest BCUT2D eigenvalue weighted by molar-refractivity contribution is 7.13. The molecule has 0 atom stereocenters. The van der Waals surface area contributed by atoms with Crippen molar-refractivity contribution in [1.29, 1.82) is 0 Å². The SMILES string of the molecule is CCc1onc(C)c1CNC(=O)Nc1nsc2ccccc12. The van der Waals surface area contributed by atoms with Crippen LogP contribution in [0, 0.1) is 6.92 Å². The van der Waals surface area contributed by atoms with Gasteiger partial charge >= 0.3 is 6.03 Å². The van der Waals surface area contributed by atoms with Gasteiger partial charge in [0, 0.05) is 23.9 Å². The number of aromatic nitrogens is 2. The number of anilines is 1. The molecule has 114 valence electrons. The summed E-state index contributed by atoms with van der Waals surface area (Å²) in [6.07, 6.45) is 0.746. The maximum Gasteiger partial charge on any atom is 0.320 e. The van der Waals surface area contributed by atoms with Crippen LogP contribution < -0.4 is 10.6 Å². The molecule has 3 aromatic rings. The standard InChI is InChI=1S/C15H16N4O2S/c1-3-12-11(9(2)18-21-12)8-16-15(20)17-14-10-6-4-5-7-13(10)22-19-14/h4-7H,3,8H2,1-2H3,(H2,16,17,19,20). The van der Waals surface area contributed by atoms with Crippen LogP contribution in [0.25, 0.3) is 10.1 Å². The molecule has 22 heavy (non-hydrogen) atoms. The fourth-order valence-corrected chi connectivity index (χ4v) is 2.97. The third-order valence-corrected chi connectivity index (χ3v) is 4.25. The monoisotopic (exact) mass is 316 g/mol. The first-order valence-electron chi connectivity index (χ1n) is 7.02. The molecule has 7 heteroatoms.